The first kappa shape index (κ1) is 12.9. The first-order chi connectivity index (χ1) is 9.41. The Kier molecular flexibility index (Phi) is 2.68. The van der Waals surface area contributed by atoms with Gasteiger partial charge in [-0.15, -0.1) is 0 Å². The van der Waals surface area contributed by atoms with Gasteiger partial charge in [0.25, 0.3) is 0 Å². The highest BCUT2D eigenvalue weighted by atomic mass is 16.3. The first-order valence-corrected chi connectivity index (χ1v) is 6.72. The van der Waals surface area contributed by atoms with Gasteiger partial charge >= 0.3 is 0 Å². The second kappa shape index (κ2) is 4.17. The third-order valence-electron chi connectivity index (χ3n) is 4.25. The zero-order valence-corrected chi connectivity index (χ0v) is 12.4. The topological polar surface area (TPSA) is 43.1 Å². The van der Waals surface area contributed by atoms with Crippen molar-refractivity contribution in [2.45, 2.75) is 34.6 Å². The fourth-order valence-corrected chi connectivity index (χ4v) is 2.55. The largest absolute Gasteiger partial charge is 0.452 e. The highest BCUT2D eigenvalue weighted by Crippen LogP contribution is 2.32. The van der Waals surface area contributed by atoms with Crippen molar-refractivity contribution >= 4 is 11.1 Å². The van der Waals surface area contributed by atoms with Gasteiger partial charge in [0.2, 0.25) is 0 Å². The second-order valence-electron chi connectivity index (χ2n) is 5.45. The summed E-state index contributed by atoms with van der Waals surface area (Å²) in [4.78, 5) is 16.9. The maximum atomic E-state index is 12.2. The van der Waals surface area contributed by atoms with Crippen LogP contribution in [0.2, 0.25) is 0 Å². The number of nitrogens with zero attached hydrogens (tertiary/aromatic N) is 1. The standard InChI is InChI=1S/C17H17NO2/c1-8-6-7-13-16(9(8)2)20-17-12(5)15(19)11(4)10(3)14(17)18-13/h6-7H,1-5H3. The molecular formula is C17H17NO2. The van der Waals surface area contributed by atoms with Crippen molar-refractivity contribution < 1.29 is 4.42 Å². The molecule has 0 spiro atoms. The molecule has 0 amide bonds. The molecule has 1 heterocycles. The van der Waals surface area contributed by atoms with Gasteiger partial charge in [-0.1, -0.05) is 6.07 Å². The molecule has 0 aromatic heterocycles. The summed E-state index contributed by atoms with van der Waals surface area (Å²) in [5.41, 5.74) is 6.96. The summed E-state index contributed by atoms with van der Waals surface area (Å²) in [6.07, 6.45) is 0. The molecule has 0 atom stereocenters. The Morgan fingerprint density at radius 3 is 2.30 bits per heavy atom. The molecule has 0 fully saturated rings. The highest BCUT2D eigenvalue weighted by molar-refractivity contribution is 5.81. The molecule has 1 aromatic carbocycles. The molecule has 2 aliphatic rings. The van der Waals surface area contributed by atoms with Gasteiger partial charge in [0.15, 0.2) is 16.8 Å². The van der Waals surface area contributed by atoms with E-state index in [9.17, 15) is 4.79 Å². The maximum Gasteiger partial charge on any atom is 0.188 e. The summed E-state index contributed by atoms with van der Waals surface area (Å²) in [6.45, 7) is 9.63. The van der Waals surface area contributed by atoms with Crippen LogP contribution in [0.3, 0.4) is 0 Å². The summed E-state index contributed by atoms with van der Waals surface area (Å²) in [5, 5.41) is 0. The van der Waals surface area contributed by atoms with Crippen molar-refractivity contribution in [2.24, 2.45) is 0 Å². The Morgan fingerprint density at radius 2 is 1.60 bits per heavy atom. The van der Waals surface area contributed by atoms with Crippen LogP contribution in [0.15, 0.2) is 21.3 Å². The molecule has 3 rings (SSSR count). The van der Waals surface area contributed by atoms with Crippen LogP contribution < -0.4 is 5.43 Å². The van der Waals surface area contributed by atoms with Gasteiger partial charge in [-0.3, -0.25) is 4.79 Å². The smallest absolute Gasteiger partial charge is 0.188 e. The van der Waals surface area contributed by atoms with Crippen molar-refractivity contribution in [3.8, 4) is 11.5 Å². The van der Waals surface area contributed by atoms with Gasteiger partial charge in [-0.2, -0.15) is 0 Å². The Hall–Kier alpha value is -2.16. The van der Waals surface area contributed by atoms with Crippen molar-refractivity contribution in [3.63, 3.8) is 0 Å². The molecule has 20 heavy (non-hydrogen) atoms. The molecule has 1 aliphatic heterocycles. The molecular weight excluding hydrogens is 250 g/mol. The molecule has 0 radical (unpaired) electrons. The minimum atomic E-state index is 0.0465. The summed E-state index contributed by atoms with van der Waals surface area (Å²) in [6, 6.07) is 4.01. The van der Waals surface area contributed by atoms with Gasteiger partial charge in [-0.25, -0.2) is 4.98 Å². The average Bonchev–Trinajstić information content (AvgIpc) is 2.45. The van der Waals surface area contributed by atoms with E-state index < -0.39 is 0 Å². The van der Waals surface area contributed by atoms with Gasteiger partial charge in [-0.05, 0) is 57.4 Å². The van der Waals surface area contributed by atoms with E-state index in [1.807, 2.05) is 39.8 Å². The number of hydrogen-bond acceptors (Lipinski definition) is 3. The third-order valence-corrected chi connectivity index (χ3v) is 4.25. The van der Waals surface area contributed by atoms with E-state index in [0.717, 1.165) is 39.0 Å². The predicted molar refractivity (Wildman–Crippen MR) is 80.6 cm³/mol. The van der Waals surface area contributed by atoms with E-state index in [1.165, 1.54) is 0 Å². The zero-order valence-electron chi connectivity index (χ0n) is 12.4. The fourth-order valence-electron chi connectivity index (χ4n) is 2.55. The molecule has 1 aliphatic carbocycles. The second-order valence-corrected chi connectivity index (χ2v) is 5.45. The summed E-state index contributed by atoms with van der Waals surface area (Å²) in [7, 11) is 0. The van der Waals surface area contributed by atoms with E-state index in [4.69, 9.17) is 9.40 Å². The molecule has 102 valence electrons. The lowest BCUT2D eigenvalue weighted by Crippen LogP contribution is -2.14. The van der Waals surface area contributed by atoms with Gasteiger partial charge in [0.1, 0.15) is 11.2 Å². The van der Waals surface area contributed by atoms with Crippen LogP contribution in [0, 0.1) is 34.6 Å². The van der Waals surface area contributed by atoms with Gasteiger partial charge < -0.3 is 4.42 Å². The van der Waals surface area contributed by atoms with Crippen molar-refractivity contribution in [2.75, 3.05) is 0 Å². The van der Waals surface area contributed by atoms with E-state index >= 15 is 0 Å². The van der Waals surface area contributed by atoms with Crippen molar-refractivity contribution in [1.29, 1.82) is 0 Å². The summed E-state index contributed by atoms with van der Waals surface area (Å²) in [5.74, 6) is 0.610. The Bertz CT molecular complexity index is 875. The molecule has 3 nitrogen and oxygen atoms in total. The van der Waals surface area contributed by atoms with Crippen LogP contribution in [0.5, 0.6) is 0 Å². The van der Waals surface area contributed by atoms with Crippen LogP contribution in [0.1, 0.15) is 27.8 Å². The molecule has 0 saturated carbocycles. The minimum Gasteiger partial charge on any atom is -0.452 e. The van der Waals surface area contributed by atoms with E-state index in [0.29, 0.717) is 11.3 Å². The third kappa shape index (κ3) is 1.59. The van der Waals surface area contributed by atoms with Crippen LogP contribution in [0.25, 0.3) is 22.6 Å². The van der Waals surface area contributed by atoms with Gasteiger partial charge in [0.05, 0.1) is 0 Å². The van der Waals surface area contributed by atoms with Gasteiger partial charge in [0, 0.05) is 11.1 Å². The average molecular weight is 267 g/mol. The van der Waals surface area contributed by atoms with Crippen LogP contribution in [-0.4, -0.2) is 4.98 Å². The first-order valence-electron chi connectivity index (χ1n) is 6.72. The summed E-state index contributed by atoms with van der Waals surface area (Å²) < 4.78 is 6.04. The number of benzene rings is 2. The lowest BCUT2D eigenvalue weighted by molar-refractivity contribution is 0.603. The monoisotopic (exact) mass is 267 g/mol. The maximum absolute atomic E-state index is 12.2. The molecule has 0 bridgehead atoms. The summed E-state index contributed by atoms with van der Waals surface area (Å²) >= 11 is 0. The fraction of sp³-hybridized carbons (Fsp3) is 0.294. The normalized spacial score (nSPS) is 11.4. The van der Waals surface area contributed by atoms with E-state index in [-0.39, 0.29) is 5.43 Å². The van der Waals surface area contributed by atoms with E-state index in [1.54, 1.807) is 6.92 Å². The zero-order chi connectivity index (χ0) is 14.6. The predicted octanol–water partition coefficient (Wildman–Crippen LogP) is 3.83. The van der Waals surface area contributed by atoms with Crippen molar-refractivity contribution in [1.82, 2.24) is 4.98 Å². The Morgan fingerprint density at radius 1 is 0.900 bits per heavy atom. The van der Waals surface area contributed by atoms with E-state index in [2.05, 4.69) is 0 Å². The molecule has 0 unspecified atom stereocenters. The highest BCUT2D eigenvalue weighted by Gasteiger charge is 2.20. The number of rotatable bonds is 0. The Labute approximate surface area is 117 Å². The molecule has 0 saturated heterocycles. The lowest BCUT2D eigenvalue weighted by atomic mass is 9.99. The number of aryl methyl sites for hydroxylation is 2. The Balaban J connectivity index is 2.59. The quantitative estimate of drug-likeness (QED) is 0.581. The number of aromatic nitrogens is 1. The SMILES string of the molecule is Cc1ccc2nc3c(C)c(C)c(=O)c(C)c-3oc2c1C. The number of hydrogen-bond donors (Lipinski definition) is 0. The van der Waals surface area contributed by atoms with Crippen LogP contribution in [-0.2, 0) is 0 Å². The van der Waals surface area contributed by atoms with Crippen molar-refractivity contribution in [3.05, 3.63) is 50.2 Å². The molecule has 3 heteroatoms. The van der Waals surface area contributed by atoms with Crippen LogP contribution >= 0.6 is 0 Å². The lowest BCUT2D eigenvalue weighted by Gasteiger charge is -2.14. The number of fused-ring (bicyclic) bond motifs is 2. The minimum absolute atomic E-state index is 0.0465. The molecule has 1 aromatic rings. The van der Waals surface area contributed by atoms with Crippen LogP contribution in [0.4, 0.5) is 0 Å². The molecule has 0 N–H and O–H groups in total.